The molecule has 0 aromatic heterocycles. The van der Waals surface area contributed by atoms with Gasteiger partial charge in [-0.15, -0.1) is 0 Å². The fourth-order valence-electron chi connectivity index (χ4n) is 3.92. The predicted octanol–water partition coefficient (Wildman–Crippen LogP) is 8.05. The molecule has 2 heteroatoms. The number of fused-ring (bicyclic) bond motifs is 1. The average Bonchev–Trinajstić information content (AvgIpc) is 2.80. The second-order valence-corrected chi connectivity index (χ2v) is 7.75. The average molecular weight is 399 g/mol. The Kier molecular flexibility index (Phi) is 6.13. The van der Waals surface area contributed by atoms with Crippen molar-refractivity contribution >= 4 is 10.8 Å². The molecule has 0 saturated carbocycles. The zero-order chi connectivity index (χ0) is 20.9. The Hall–Kier alpha value is -3.13. The van der Waals surface area contributed by atoms with Crippen LogP contribution in [0.3, 0.4) is 0 Å². The lowest BCUT2D eigenvalue weighted by molar-refractivity contribution is 0.415. The molecule has 0 fully saturated rings. The zero-order valence-electron chi connectivity index (χ0n) is 17.6. The normalized spacial score (nSPS) is 11.0. The van der Waals surface area contributed by atoms with Crippen molar-refractivity contribution in [2.45, 2.75) is 32.6 Å². The van der Waals surface area contributed by atoms with Crippen LogP contribution in [0.15, 0.2) is 78.9 Å². The van der Waals surface area contributed by atoms with Crippen LogP contribution in [0.25, 0.3) is 33.0 Å². The van der Waals surface area contributed by atoms with Crippen LogP contribution < -0.4 is 4.74 Å². The molecule has 0 aliphatic carbocycles. The van der Waals surface area contributed by atoms with Crippen molar-refractivity contribution in [3.05, 3.63) is 90.2 Å². The van der Waals surface area contributed by atoms with E-state index < -0.39 is 0 Å². The van der Waals surface area contributed by atoms with Gasteiger partial charge in [-0.2, -0.15) is 0 Å². The van der Waals surface area contributed by atoms with Crippen molar-refractivity contribution < 1.29 is 9.13 Å². The van der Waals surface area contributed by atoms with Gasteiger partial charge in [0.15, 0.2) is 0 Å². The fraction of sp³-hybridized carbons (Fsp3) is 0.214. The van der Waals surface area contributed by atoms with Gasteiger partial charge in [0.25, 0.3) is 0 Å². The summed E-state index contributed by atoms with van der Waals surface area (Å²) in [5, 5.41) is 1.66. The van der Waals surface area contributed by atoms with Gasteiger partial charge in [-0.1, -0.05) is 86.5 Å². The Morgan fingerprint density at radius 1 is 0.733 bits per heavy atom. The lowest BCUT2D eigenvalue weighted by atomic mass is 9.96. The van der Waals surface area contributed by atoms with Crippen LogP contribution in [0.1, 0.15) is 31.7 Å². The van der Waals surface area contributed by atoms with Gasteiger partial charge in [0, 0.05) is 10.9 Å². The second-order valence-electron chi connectivity index (χ2n) is 7.75. The number of aryl methyl sites for hydroxylation is 1. The summed E-state index contributed by atoms with van der Waals surface area (Å²) >= 11 is 0. The third-order valence-corrected chi connectivity index (χ3v) is 5.71. The molecule has 0 N–H and O–H groups in total. The lowest BCUT2D eigenvalue weighted by Gasteiger charge is -2.10. The first-order chi connectivity index (χ1) is 14.7. The molecule has 0 heterocycles. The molecule has 0 saturated heterocycles. The minimum atomic E-state index is -0.148. The van der Waals surface area contributed by atoms with Crippen molar-refractivity contribution in [2.75, 3.05) is 7.11 Å². The summed E-state index contributed by atoms with van der Waals surface area (Å²) < 4.78 is 20.5. The van der Waals surface area contributed by atoms with E-state index in [2.05, 4.69) is 19.1 Å². The van der Waals surface area contributed by atoms with Crippen LogP contribution in [0.2, 0.25) is 0 Å². The maximum atomic E-state index is 15.3. The highest BCUT2D eigenvalue weighted by Crippen LogP contribution is 2.31. The first-order valence-electron chi connectivity index (χ1n) is 10.7. The highest BCUT2D eigenvalue weighted by atomic mass is 19.1. The van der Waals surface area contributed by atoms with Gasteiger partial charge >= 0.3 is 0 Å². The number of benzene rings is 4. The van der Waals surface area contributed by atoms with Gasteiger partial charge in [0.05, 0.1) is 7.11 Å². The van der Waals surface area contributed by atoms with E-state index >= 15 is 4.39 Å². The lowest BCUT2D eigenvalue weighted by Crippen LogP contribution is -1.90. The summed E-state index contributed by atoms with van der Waals surface area (Å²) in [6.45, 7) is 2.21. The first kappa shape index (κ1) is 20.2. The van der Waals surface area contributed by atoms with E-state index in [0.29, 0.717) is 10.9 Å². The van der Waals surface area contributed by atoms with Crippen LogP contribution in [0.5, 0.6) is 5.75 Å². The van der Waals surface area contributed by atoms with Crippen molar-refractivity contribution in [3.63, 3.8) is 0 Å². The quantitative estimate of drug-likeness (QED) is 0.286. The van der Waals surface area contributed by atoms with E-state index in [4.69, 9.17) is 4.74 Å². The van der Waals surface area contributed by atoms with Gasteiger partial charge in [-0.05, 0) is 52.6 Å². The number of hydrogen-bond donors (Lipinski definition) is 0. The predicted molar refractivity (Wildman–Crippen MR) is 125 cm³/mol. The number of methoxy groups -OCH3 is 1. The third kappa shape index (κ3) is 4.23. The van der Waals surface area contributed by atoms with Crippen LogP contribution in [0, 0.1) is 5.82 Å². The summed E-state index contributed by atoms with van der Waals surface area (Å²) in [7, 11) is 1.66. The summed E-state index contributed by atoms with van der Waals surface area (Å²) in [5.74, 6) is 0.687. The van der Waals surface area contributed by atoms with Crippen molar-refractivity contribution in [1.82, 2.24) is 0 Å². The molecule has 4 rings (SSSR count). The summed E-state index contributed by atoms with van der Waals surface area (Å²) in [6.07, 6.45) is 4.68. The van der Waals surface area contributed by atoms with E-state index in [1.807, 2.05) is 66.7 Å². The second kappa shape index (κ2) is 9.13. The van der Waals surface area contributed by atoms with Gasteiger partial charge in [0.2, 0.25) is 0 Å². The van der Waals surface area contributed by atoms with E-state index in [0.717, 1.165) is 34.2 Å². The Labute approximate surface area is 178 Å². The Morgan fingerprint density at radius 2 is 1.40 bits per heavy atom. The molecule has 0 unspecified atom stereocenters. The van der Waals surface area contributed by atoms with E-state index in [9.17, 15) is 0 Å². The fourth-order valence-corrected chi connectivity index (χ4v) is 3.92. The molecule has 4 aromatic carbocycles. The largest absolute Gasteiger partial charge is 0.497 e. The molecule has 0 amide bonds. The SMILES string of the molecule is CCCCCc1ccc2c(F)c(-c3ccc(-c4ccc(OC)cc4)cc3)ccc2c1. The molecule has 4 aromatic rings. The zero-order valence-corrected chi connectivity index (χ0v) is 17.6. The Balaban J connectivity index is 1.60. The number of halogens is 1. The van der Waals surface area contributed by atoms with Crippen LogP contribution >= 0.6 is 0 Å². The van der Waals surface area contributed by atoms with Crippen LogP contribution in [-0.2, 0) is 6.42 Å². The molecule has 1 nitrogen and oxygen atoms in total. The molecular weight excluding hydrogens is 371 g/mol. The summed E-state index contributed by atoms with van der Waals surface area (Å²) in [5.41, 5.74) is 5.02. The molecule has 0 radical (unpaired) electrons. The molecule has 152 valence electrons. The van der Waals surface area contributed by atoms with Gasteiger partial charge in [-0.3, -0.25) is 0 Å². The maximum Gasteiger partial charge on any atom is 0.138 e. The van der Waals surface area contributed by atoms with Gasteiger partial charge in [-0.25, -0.2) is 4.39 Å². The standard InChI is InChI=1S/C28H27FO/c1-3-4-5-6-20-7-17-27-24(19-20)14-18-26(28(27)29)23-10-8-21(9-11-23)22-12-15-25(30-2)16-13-22/h7-19H,3-6H2,1-2H3. The molecule has 0 bridgehead atoms. The number of rotatable bonds is 7. The highest BCUT2D eigenvalue weighted by Gasteiger charge is 2.10. The van der Waals surface area contributed by atoms with Gasteiger partial charge in [0.1, 0.15) is 11.6 Å². The third-order valence-electron chi connectivity index (χ3n) is 5.71. The Morgan fingerprint density at radius 3 is 2.07 bits per heavy atom. The smallest absolute Gasteiger partial charge is 0.138 e. The van der Waals surface area contributed by atoms with Crippen molar-refractivity contribution in [2.24, 2.45) is 0 Å². The molecule has 0 aliphatic rings. The molecular formula is C28H27FO. The molecule has 0 aliphatic heterocycles. The minimum absolute atomic E-state index is 0.148. The molecule has 0 atom stereocenters. The Bertz CT molecular complexity index is 1130. The topological polar surface area (TPSA) is 9.23 Å². The van der Waals surface area contributed by atoms with E-state index in [1.54, 1.807) is 7.11 Å². The minimum Gasteiger partial charge on any atom is -0.497 e. The number of unbranched alkanes of at least 4 members (excludes halogenated alkanes) is 2. The summed E-state index contributed by atoms with van der Waals surface area (Å²) in [6, 6.07) is 26.1. The summed E-state index contributed by atoms with van der Waals surface area (Å²) in [4.78, 5) is 0. The monoisotopic (exact) mass is 398 g/mol. The van der Waals surface area contributed by atoms with Gasteiger partial charge < -0.3 is 4.74 Å². The first-order valence-corrected chi connectivity index (χ1v) is 10.7. The van der Waals surface area contributed by atoms with Crippen molar-refractivity contribution in [3.8, 4) is 28.0 Å². The maximum absolute atomic E-state index is 15.3. The highest BCUT2D eigenvalue weighted by molar-refractivity contribution is 5.89. The van der Waals surface area contributed by atoms with Crippen molar-refractivity contribution in [1.29, 1.82) is 0 Å². The van der Waals surface area contributed by atoms with E-state index in [-0.39, 0.29) is 5.82 Å². The number of ether oxygens (including phenoxy) is 1. The molecule has 30 heavy (non-hydrogen) atoms. The van der Waals surface area contributed by atoms with E-state index in [1.165, 1.54) is 24.8 Å². The number of hydrogen-bond acceptors (Lipinski definition) is 1. The molecule has 0 spiro atoms. The van der Waals surface area contributed by atoms with Crippen LogP contribution in [0.4, 0.5) is 4.39 Å². The van der Waals surface area contributed by atoms with Crippen LogP contribution in [-0.4, -0.2) is 7.11 Å².